The normalized spacial score (nSPS) is 43.5. The fourth-order valence-corrected chi connectivity index (χ4v) is 6.08. The summed E-state index contributed by atoms with van der Waals surface area (Å²) < 4.78 is 2.72. The van der Waals surface area contributed by atoms with Gasteiger partial charge in [0.25, 0.3) is 0 Å². The van der Waals surface area contributed by atoms with E-state index < -0.39 is 0 Å². The van der Waals surface area contributed by atoms with Crippen LogP contribution in [0.4, 0.5) is 0 Å². The molecule has 0 radical (unpaired) electrons. The molecule has 1 fully saturated rings. The van der Waals surface area contributed by atoms with E-state index in [4.69, 9.17) is 0 Å². The van der Waals surface area contributed by atoms with Gasteiger partial charge < -0.3 is 0 Å². The molecule has 1 saturated carbocycles. The molecule has 0 amide bonds. The highest BCUT2D eigenvalue weighted by Crippen LogP contribution is 2.60. The molecule has 0 aromatic carbocycles. The summed E-state index contributed by atoms with van der Waals surface area (Å²) in [6.45, 7) is 0. The summed E-state index contributed by atoms with van der Waals surface area (Å²) in [5.74, 6) is 0. The summed E-state index contributed by atoms with van der Waals surface area (Å²) >= 11 is 5.22. The zero-order valence-electron chi connectivity index (χ0n) is 7.86. The van der Waals surface area contributed by atoms with Crippen LogP contribution < -0.4 is 0 Å². The van der Waals surface area contributed by atoms with Gasteiger partial charge >= 0.3 is 0 Å². The van der Waals surface area contributed by atoms with Gasteiger partial charge in [-0.1, -0.05) is 63.8 Å². The fourth-order valence-electron chi connectivity index (χ4n) is 3.08. The molecular formula is C11H16I2. The van der Waals surface area contributed by atoms with Gasteiger partial charge in [-0.05, 0) is 36.5 Å². The average Bonchev–Trinajstić information content (AvgIpc) is 2.58. The average molecular weight is 402 g/mol. The molecule has 2 aliphatic carbocycles. The predicted octanol–water partition coefficient (Wildman–Crippen LogP) is 4.36. The van der Waals surface area contributed by atoms with Gasteiger partial charge in [0.2, 0.25) is 0 Å². The van der Waals surface area contributed by atoms with Crippen LogP contribution in [0.3, 0.4) is 0 Å². The zero-order valence-corrected chi connectivity index (χ0v) is 12.2. The third kappa shape index (κ3) is 1.50. The van der Waals surface area contributed by atoms with E-state index in [-0.39, 0.29) is 0 Å². The van der Waals surface area contributed by atoms with Gasteiger partial charge in [0.05, 0.1) is 0 Å². The van der Waals surface area contributed by atoms with Crippen molar-refractivity contribution in [2.75, 3.05) is 8.86 Å². The van der Waals surface area contributed by atoms with Crippen molar-refractivity contribution < 1.29 is 0 Å². The van der Waals surface area contributed by atoms with E-state index >= 15 is 0 Å². The van der Waals surface area contributed by atoms with Crippen molar-refractivity contribution in [3.8, 4) is 0 Å². The second-order valence-electron chi connectivity index (χ2n) is 4.56. The molecule has 2 rings (SSSR count). The molecule has 2 aliphatic rings. The second kappa shape index (κ2) is 3.99. The number of rotatable bonds is 2. The Bertz CT molecular complexity index is 202. The van der Waals surface area contributed by atoms with Gasteiger partial charge in [-0.25, -0.2) is 0 Å². The molecule has 2 unspecified atom stereocenters. The SMILES string of the molecule is ICC12CC=CCC1(CI)CCC2. The molecular weight excluding hydrogens is 386 g/mol. The number of fused-ring (bicyclic) bond motifs is 1. The molecule has 13 heavy (non-hydrogen) atoms. The number of hydrogen-bond acceptors (Lipinski definition) is 0. The third-order valence-electron chi connectivity index (χ3n) is 4.13. The van der Waals surface area contributed by atoms with Crippen LogP contribution in [0.2, 0.25) is 0 Å². The summed E-state index contributed by atoms with van der Waals surface area (Å²) in [7, 11) is 0. The van der Waals surface area contributed by atoms with Crippen molar-refractivity contribution in [1.29, 1.82) is 0 Å². The maximum Gasteiger partial charge on any atom is 0.00606 e. The van der Waals surface area contributed by atoms with Crippen molar-refractivity contribution in [3.63, 3.8) is 0 Å². The van der Waals surface area contributed by atoms with Gasteiger partial charge in [-0.3, -0.25) is 0 Å². The molecule has 0 aliphatic heterocycles. The van der Waals surface area contributed by atoms with Crippen molar-refractivity contribution in [3.05, 3.63) is 12.2 Å². The summed E-state index contributed by atoms with van der Waals surface area (Å²) in [5, 5.41) is 0. The Kier molecular flexibility index (Phi) is 3.28. The van der Waals surface area contributed by atoms with Crippen LogP contribution in [0.15, 0.2) is 12.2 Å². The van der Waals surface area contributed by atoms with E-state index in [2.05, 4.69) is 57.3 Å². The first-order chi connectivity index (χ1) is 6.29. The monoisotopic (exact) mass is 402 g/mol. The molecule has 0 heterocycles. The predicted molar refractivity (Wildman–Crippen MR) is 74.9 cm³/mol. The Morgan fingerprint density at radius 2 is 1.38 bits per heavy atom. The van der Waals surface area contributed by atoms with E-state index in [0.29, 0.717) is 10.8 Å². The summed E-state index contributed by atoms with van der Waals surface area (Å²) in [6, 6.07) is 0. The third-order valence-corrected chi connectivity index (χ3v) is 7.05. The minimum Gasteiger partial charge on any atom is -0.0879 e. The largest absolute Gasteiger partial charge is 0.0879 e. The first-order valence-electron chi connectivity index (χ1n) is 5.06. The lowest BCUT2D eigenvalue weighted by Crippen LogP contribution is -2.41. The molecule has 0 spiro atoms. The van der Waals surface area contributed by atoms with Crippen LogP contribution in [0.5, 0.6) is 0 Å². The van der Waals surface area contributed by atoms with Gasteiger partial charge in [0.15, 0.2) is 0 Å². The Morgan fingerprint density at radius 1 is 0.923 bits per heavy atom. The standard InChI is InChI=1S/C11H16I2/c12-8-10-4-1-2-5-11(10,9-13)7-3-6-10/h1-2H,3-9H2. The lowest BCUT2D eigenvalue weighted by Gasteiger charge is -2.46. The second-order valence-corrected chi connectivity index (χ2v) is 6.09. The van der Waals surface area contributed by atoms with Gasteiger partial charge in [0.1, 0.15) is 0 Å². The first kappa shape index (κ1) is 10.7. The molecule has 0 N–H and O–H groups in total. The molecule has 2 heteroatoms. The molecule has 0 bridgehead atoms. The summed E-state index contributed by atoms with van der Waals surface area (Å²) in [5.41, 5.74) is 1.34. The number of hydrogen-bond donors (Lipinski definition) is 0. The molecule has 0 nitrogen and oxygen atoms in total. The molecule has 0 aromatic rings. The summed E-state index contributed by atoms with van der Waals surface area (Å²) in [4.78, 5) is 0. The number of allylic oxidation sites excluding steroid dienone is 2. The highest BCUT2D eigenvalue weighted by Gasteiger charge is 2.52. The van der Waals surface area contributed by atoms with Gasteiger partial charge in [-0.15, -0.1) is 0 Å². The lowest BCUT2D eigenvalue weighted by atomic mass is 9.62. The van der Waals surface area contributed by atoms with E-state index in [9.17, 15) is 0 Å². The molecule has 0 saturated heterocycles. The van der Waals surface area contributed by atoms with Crippen molar-refractivity contribution in [2.24, 2.45) is 10.8 Å². The minimum absolute atomic E-state index is 0.670. The van der Waals surface area contributed by atoms with E-state index in [0.717, 1.165) is 0 Å². The Labute approximate surface area is 108 Å². The fraction of sp³-hybridized carbons (Fsp3) is 0.818. The number of alkyl halides is 2. The lowest BCUT2D eigenvalue weighted by molar-refractivity contribution is 0.125. The zero-order chi connectivity index (χ0) is 9.36. The maximum atomic E-state index is 2.61. The topological polar surface area (TPSA) is 0 Å². The highest BCUT2D eigenvalue weighted by atomic mass is 127. The summed E-state index contributed by atoms with van der Waals surface area (Å²) in [6.07, 6.45) is 12.0. The quantitative estimate of drug-likeness (QED) is 0.366. The first-order valence-corrected chi connectivity index (χ1v) is 8.11. The Balaban J connectivity index is 2.34. The van der Waals surface area contributed by atoms with Crippen LogP contribution in [0.1, 0.15) is 32.1 Å². The smallest absolute Gasteiger partial charge is 0.00606 e. The van der Waals surface area contributed by atoms with Crippen LogP contribution in [-0.2, 0) is 0 Å². The van der Waals surface area contributed by atoms with E-state index in [1.165, 1.54) is 41.0 Å². The van der Waals surface area contributed by atoms with Crippen molar-refractivity contribution >= 4 is 45.2 Å². The van der Waals surface area contributed by atoms with Crippen molar-refractivity contribution in [1.82, 2.24) is 0 Å². The Hall–Kier alpha value is 1.20. The Morgan fingerprint density at radius 3 is 1.77 bits per heavy atom. The van der Waals surface area contributed by atoms with E-state index in [1.807, 2.05) is 0 Å². The van der Waals surface area contributed by atoms with E-state index in [1.54, 1.807) is 0 Å². The van der Waals surface area contributed by atoms with Crippen LogP contribution in [-0.4, -0.2) is 8.86 Å². The van der Waals surface area contributed by atoms with Crippen LogP contribution in [0, 0.1) is 10.8 Å². The van der Waals surface area contributed by atoms with Gasteiger partial charge in [-0.2, -0.15) is 0 Å². The number of halogens is 2. The maximum absolute atomic E-state index is 2.61. The van der Waals surface area contributed by atoms with Crippen molar-refractivity contribution in [2.45, 2.75) is 32.1 Å². The van der Waals surface area contributed by atoms with Gasteiger partial charge in [0, 0.05) is 8.86 Å². The minimum atomic E-state index is 0.670. The molecule has 74 valence electrons. The highest BCUT2D eigenvalue weighted by molar-refractivity contribution is 14.1. The molecule has 0 aromatic heterocycles. The van der Waals surface area contributed by atoms with Crippen LogP contribution >= 0.6 is 45.2 Å². The molecule has 2 atom stereocenters. The van der Waals surface area contributed by atoms with Crippen LogP contribution in [0.25, 0.3) is 0 Å².